The Hall–Kier alpha value is -2.44. The number of carboxylic acid groups (broad SMARTS) is 1. The van der Waals surface area contributed by atoms with Crippen LogP contribution in [0.25, 0.3) is 0 Å². The third kappa shape index (κ3) is 3.55. The van der Waals surface area contributed by atoms with Crippen LogP contribution in [-0.2, 0) is 6.54 Å². The van der Waals surface area contributed by atoms with Crippen molar-refractivity contribution < 1.29 is 19.4 Å². The van der Waals surface area contributed by atoms with Gasteiger partial charge in [0, 0.05) is 25.7 Å². The minimum absolute atomic E-state index is 0.0757. The molecule has 3 rings (SSSR count). The van der Waals surface area contributed by atoms with E-state index in [9.17, 15) is 9.59 Å². The van der Waals surface area contributed by atoms with Gasteiger partial charge >= 0.3 is 12.1 Å². The van der Waals surface area contributed by atoms with Crippen LogP contribution in [0.15, 0.2) is 24.3 Å². The van der Waals surface area contributed by atoms with Crippen molar-refractivity contribution in [2.75, 3.05) is 20.2 Å². The van der Waals surface area contributed by atoms with Crippen molar-refractivity contribution in [1.82, 2.24) is 15.5 Å². The van der Waals surface area contributed by atoms with Crippen LogP contribution < -0.4 is 15.4 Å². The predicted octanol–water partition coefficient (Wildman–Crippen LogP) is 2.03. The molecule has 0 unspecified atom stereocenters. The second-order valence-corrected chi connectivity index (χ2v) is 6.73. The number of methoxy groups -OCH3 is 1. The van der Waals surface area contributed by atoms with Crippen LogP contribution in [-0.4, -0.2) is 48.4 Å². The topological polar surface area (TPSA) is 90.9 Å². The average Bonchev–Trinajstić information content (AvgIpc) is 2.99. The summed E-state index contributed by atoms with van der Waals surface area (Å²) in [6, 6.07) is 7.50. The molecule has 0 atom stereocenters. The number of nitrogens with one attached hydrogen (secondary N) is 2. The van der Waals surface area contributed by atoms with E-state index in [4.69, 9.17) is 9.84 Å². The van der Waals surface area contributed by atoms with E-state index in [0.717, 1.165) is 30.6 Å². The number of ether oxygens (including phenoxy) is 1. The fourth-order valence-corrected chi connectivity index (χ4v) is 3.68. The SMILES string of the molecule is COc1ccc(CNC(=O)NC2CC3(CCN(C(=O)O)C3)C2)cc1. The number of likely N-dealkylation sites (tertiary alicyclic amines) is 1. The van der Waals surface area contributed by atoms with E-state index in [1.54, 1.807) is 7.11 Å². The van der Waals surface area contributed by atoms with Gasteiger partial charge in [-0.15, -0.1) is 0 Å². The molecule has 0 radical (unpaired) electrons. The molecule has 1 aliphatic heterocycles. The summed E-state index contributed by atoms with van der Waals surface area (Å²) in [5.74, 6) is 0.787. The zero-order valence-electron chi connectivity index (χ0n) is 13.7. The molecule has 1 aliphatic carbocycles. The fraction of sp³-hybridized carbons (Fsp3) is 0.529. The molecule has 130 valence electrons. The van der Waals surface area contributed by atoms with Gasteiger partial charge in [0.25, 0.3) is 0 Å². The van der Waals surface area contributed by atoms with Crippen molar-refractivity contribution in [3.63, 3.8) is 0 Å². The van der Waals surface area contributed by atoms with Crippen molar-refractivity contribution in [3.05, 3.63) is 29.8 Å². The van der Waals surface area contributed by atoms with Crippen LogP contribution in [0.2, 0.25) is 0 Å². The number of hydrogen-bond donors (Lipinski definition) is 3. The summed E-state index contributed by atoms with van der Waals surface area (Å²) in [4.78, 5) is 24.4. The van der Waals surface area contributed by atoms with E-state index in [1.165, 1.54) is 4.90 Å². The standard InChI is InChI=1S/C17H23N3O4/c1-24-14-4-2-12(3-5-14)10-18-15(21)19-13-8-17(9-13)6-7-20(11-17)16(22)23/h2-5,13H,6-11H2,1H3,(H,22,23)(H2,18,19,21). The van der Waals surface area contributed by atoms with Crippen molar-refractivity contribution in [2.45, 2.75) is 31.8 Å². The first-order valence-electron chi connectivity index (χ1n) is 8.15. The maximum absolute atomic E-state index is 12.0. The Balaban J connectivity index is 1.38. The number of amides is 3. The van der Waals surface area contributed by atoms with Gasteiger partial charge in [-0.05, 0) is 42.4 Å². The van der Waals surface area contributed by atoms with Crippen LogP contribution >= 0.6 is 0 Å². The molecule has 2 fully saturated rings. The number of carbonyl (C=O) groups excluding carboxylic acids is 1. The Morgan fingerprint density at radius 3 is 2.62 bits per heavy atom. The largest absolute Gasteiger partial charge is 0.497 e. The number of carbonyl (C=O) groups is 2. The number of benzene rings is 1. The van der Waals surface area contributed by atoms with Gasteiger partial charge in [-0.1, -0.05) is 12.1 Å². The zero-order chi connectivity index (χ0) is 17.2. The van der Waals surface area contributed by atoms with Crippen molar-refractivity contribution in [1.29, 1.82) is 0 Å². The maximum atomic E-state index is 12.0. The Morgan fingerprint density at radius 1 is 1.33 bits per heavy atom. The summed E-state index contributed by atoms with van der Waals surface area (Å²) in [5.41, 5.74) is 1.08. The van der Waals surface area contributed by atoms with E-state index in [1.807, 2.05) is 24.3 Å². The molecule has 7 nitrogen and oxygen atoms in total. The molecule has 1 spiro atoms. The highest BCUT2D eigenvalue weighted by molar-refractivity contribution is 5.74. The number of hydrogen-bond acceptors (Lipinski definition) is 3. The Labute approximate surface area is 141 Å². The minimum atomic E-state index is -0.847. The van der Waals surface area contributed by atoms with E-state index in [-0.39, 0.29) is 17.5 Å². The monoisotopic (exact) mass is 333 g/mol. The van der Waals surface area contributed by atoms with Gasteiger partial charge in [0.1, 0.15) is 5.75 Å². The molecule has 1 saturated heterocycles. The molecule has 0 bridgehead atoms. The zero-order valence-corrected chi connectivity index (χ0v) is 13.7. The Bertz CT molecular complexity index is 611. The molecular weight excluding hydrogens is 310 g/mol. The lowest BCUT2D eigenvalue weighted by atomic mass is 9.65. The minimum Gasteiger partial charge on any atom is -0.497 e. The van der Waals surface area contributed by atoms with E-state index < -0.39 is 6.09 Å². The van der Waals surface area contributed by atoms with E-state index in [0.29, 0.717) is 19.6 Å². The molecule has 24 heavy (non-hydrogen) atoms. The maximum Gasteiger partial charge on any atom is 0.407 e. The molecule has 7 heteroatoms. The lowest BCUT2D eigenvalue weighted by molar-refractivity contribution is 0.0899. The van der Waals surface area contributed by atoms with Gasteiger partial charge in [-0.3, -0.25) is 0 Å². The highest BCUT2D eigenvalue weighted by atomic mass is 16.5. The molecule has 2 aliphatic rings. The second-order valence-electron chi connectivity index (χ2n) is 6.73. The molecule has 0 aromatic heterocycles. The summed E-state index contributed by atoms with van der Waals surface area (Å²) in [7, 11) is 1.62. The summed E-state index contributed by atoms with van der Waals surface area (Å²) in [6.45, 7) is 1.65. The smallest absolute Gasteiger partial charge is 0.407 e. The molecule has 1 aromatic rings. The second kappa shape index (κ2) is 6.59. The first kappa shape index (κ1) is 16.4. The number of nitrogens with zero attached hydrogens (tertiary/aromatic N) is 1. The van der Waals surface area contributed by atoms with Gasteiger partial charge in [-0.25, -0.2) is 9.59 Å². The predicted molar refractivity (Wildman–Crippen MR) is 88.0 cm³/mol. The highest BCUT2D eigenvalue weighted by Crippen LogP contribution is 2.48. The van der Waals surface area contributed by atoms with Crippen molar-refractivity contribution >= 4 is 12.1 Å². The number of rotatable bonds is 4. The van der Waals surface area contributed by atoms with Crippen LogP contribution in [0.5, 0.6) is 5.75 Å². The Morgan fingerprint density at radius 2 is 2.04 bits per heavy atom. The third-order valence-electron chi connectivity index (χ3n) is 5.02. The third-order valence-corrected chi connectivity index (χ3v) is 5.02. The van der Waals surface area contributed by atoms with Gasteiger partial charge in [0.15, 0.2) is 0 Å². The molecule has 1 aromatic carbocycles. The van der Waals surface area contributed by atoms with Crippen LogP contribution in [0.3, 0.4) is 0 Å². The molecule has 1 heterocycles. The summed E-state index contributed by atoms with van der Waals surface area (Å²) >= 11 is 0. The van der Waals surface area contributed by atoms with Gasteiger partial charge < -0.3 is 25.4 Å². The van der Waals surface area contributed by atoms with Gasteiger partial charge in [0.05, 0.1) is 7.11 Å². The molecular formula is C17H23N3O4. The van der Waals surface area contributed by atoms with Gasteiger partial charge in [-0.2, -0.15) is 0 Å². The normalized spacial score (nSPS) is 25.2. The molecule has 1 saturated carbocycles. The summed E-state index contributed by atoms with van der Waals surface area (Å²) in [5, 5.41) is 14.8. The van der Waals surface area contributed by atoms with Gasteiger partial charge in [0.2, 0.25) is 0 Å². The fourth-order valence-electron chi connectivity index (χ4n) is 3.68. The highest BCUT2D eigenvalue weighted by Gasteiger charge is 2.49. The average molecular weight is 333 g/mol. The molecule has 3 N–H and O–H groups in total. The van der Waals surface area contributed by atoms with Crippen LogP contribution in [0.1, 0.15) is 24.8 Å². The summed E-state index contributed by atoms with van der Waals surface area (Å²) < 4.78 is 5.10. The van der Waals surface area contributed by atoms with E-state index >= 15 is 0 Å². The van der Waals surface area contributed by atoms with Crippen LogP contribution in [0.4, 0.5) is 9.59 Å². The quantitative estimate of drug-likeness (QED) is 0.786. The number of urea groups is 1. The molecule has 3 amide bonds. The van der Waals surface area contributed by atoms with E-state index in [2.05, 4.69) is 10.6 Å². The summed E-state index contributed by atoms with van der Waals surface area (Å²) in [6.07, 6.45) is 1.75. The first-order chi connectivity index (χ1) is 11.5. The lowest BCUT2D eigenvalue weighted by Gasteiger charge is -2.45. The lowest BCUT2D eigenvalue weighted by Crippen LogP contribution is -2.54. The Kier molecular flexibility index (Phi) is 4.51. The first-order valence-corrected chi connectivity index (χ1v) is 8.15. The van der Waals surface area contributed by atoms with Crippen LogP contribution in [0, 0.1) is 5.41 Å². The van der Waals surface area contributed by atoms with Crippen molar-refractivity contribution in [2.24, 2.45) is 5.41 Å². The van der Waals surface area contributed by atoms with Crippen molar-refractivity contribution in [3.8, 4) is 5.75 Å².